The summed E-state index contributed by atoms with van der Waals surface area (Å²) >= 11 is 0. The van der Waals surface area contributed by atoms with E-state index in [1.807, 2.05) is 44.2 Å². The Balaban J connectivity index is 2.26. The number of rotatable bonds is 8. The number of nitrogens with zero attached hydrogens (tertiary/aromatic N) is 1. The minimum absolute atomic E-state index is 0.169. The van der Waals surface area contributed by atoms with Gasteiger partial charge >= 0.3 is 0 Å². The first-order chi connectivity index (χ1) is 14.9. The van der Waals surface area contributed by atoms with E-state index in [1.54, 1.807) is 26.4 Å². The summed E-state index contributed by atoms with van der Waals surface area (Å²) in [6.45, 7) is 6.00. The SMILES string of the molecule is CCc1ccc2oc(-c3ccc(OC)c(OC)c3)cc(=NC(CC(C)C)C(=O)[O-])c2c1. The van der Waals surface area contributed by atoms with Crippen LogP contribution in [0.4, 0.5) is 0 Å². The van der Waals surface area contributed by atoms with Crippen molar-refractivity contribution in [3.63, 3.8) is 0 Å². The molecule has 0 amide bonds. The minimum Gasteiger partial charge on any atom is -0.548 e. The van der Waals surface area contributed by atoms with Gasteiger partial charge in [0.25, 0.3) is 0 Å². The number of aliphatic carboxylic acids is 1. The van der Waals surface area contributed by atoms with Gasteiger partial charge in [-0.05, 0) is 54.7 Å². The molecule has 1 unspecified atom stereocenters. The van der Waals surface area contributed by atoms with Crippen molar-refractivity contribution in [2.24, 2.45) is 10.9 Å². The second kappa shape index (κ2) is 9.69. The summed E-state index contributed by atoms with van der Waals surface area (Å²) < 4.78 is 16.9. The fourth-order valence-corrected chi connectivity index (χ4v) is 3.49. The van der Waals surface area contributed by atoms with E-state index in [2.05, 4.69) is 11.9 Å². The first kappa shape index (κ1) is 22.4. The third-order valence-electron chi connectivity index (χ3n) is 5.15. The fourth-order valence-electron chi connectivity index (χ4n) is 3.49. The first-order valence-corrected chi connectivity index (χ1v) is 10.4. The van der Waals surface area contributed by atoms with Gasteiger partial charge in [0.15, 0.2) is 11.5 Å². The molecule has 6 nitrogen and oxygen atoms in total. The number of carboxylic acids is 1. The van der Waals surface area contributed by atoms with E-state index in [0.717, 1.165) is 22.9 Å². The molecule has 164 valence electrons. The lowest BCUT2D eigenvalue weighted by atomic mass is 10.0. The van der Waals surface area contributed by atoms with Crippen LogP contribution in [0.15, 0.2) is 51.9 Å². The average molecular weight is 423 g/mol. The van der Waals surface area contributed by atoms with Gasteiger partial charge in [-0.3, -0.25) is 4.99 Å². The van der Waals surface area contributed by atoms with Gasteiger partial charge in [0.05, 0.1) is 31.6 Å². The number of fused-ring (bicyclic) bond motifs is 1. The van der Waals surface area contributed by atoms with Crippen LogP contribution in [0.25, 0.3) is 22.3 Å². The Morgan fingerprint density at radius 1 is 1.06 bits per heavy atom. The van der Waals surface area contributed by atoms with Gasteiger partial charge in [0, 0.05) is 17.0 Å². The van der Waals surface area contributed by atoms with Gasteiger partial charge in [-0.15, -0.1) is 0 Å². The van der Waals surface area contributed by atoms with Crippen molar-refractivity contribution in [1.29, 1.82) is 0 Å². The molecule has 6 heteroatoms. The third-order valence-corrected chi connectivity index (χ3v) is 5.15. The molecule has 0 aliphatic heterocycles. The molecule has 3 rings (SSSR count). The molecule has 3 aromatic rings. The van der Waals surface area contributed by atoms with Gasteiger partial charge in [-0.25, -0.2) is 0 Å². The summed E-state index contributed by atoms with van der Waals surface area (Å²) in [4.78, 5) is 16.3. The van der Waals surface area contributed by atoms with E-state index in [1.165, 1.54) is 0 Å². The second-order valence-electron chi connectivity index (χ2n) is 7.84. The standard InChI is InChI=1S/C25H29NO5/c1-6-16-7-9-21-18(12-16)19(26-20(25(27)28)11-15(2)3)14-23(31-21)17-8-10-22(29-4)24(13-17)30-5/h7-10,12-15,20H,6,11H2,1-5H3,(H,27,28)/p-1. The van der Waals surface area contributed by atoms with E-state index in [0.29, 0.717) is 34.6 Å². The predicted molar refractivity (Wildman–Crippen MR) is 118 cm³/mol. The van der Waals surface area contributed by atoms with E-state index >= 15 is 0 Å². The molecule has 2 aromatic carbocycles. The summed E-state index contributed by atoms with van der Waals surface area (Å²) in [5.74, 6) is 0.726. The zero-order valence-electron chi connectivity index (χ0n) is 18.6. The monoisotopic (exact) mass is 422 g/mol. The molecular weight excluding hydrogens is 394 g/mol. The molecule has 0 N–H and O–H groups in total. The van der Waals surface area contributed by atoms with Crippen molar-refractivity contribution >= 4 is 16.9 Å². The molecule has 0 saturated heterocycles. The first-order valence-electron chi connectivity index (χ1n) is 10.4. The quantitative estimate of drug-likeness (QED) is 0.552. The smallest absolute Gasteiger partial charge is 0.161 e. The number of methoxy groups -OCH3 is 2. The minimum atomic E-state index is -1.18. The van der Waals surface area contributed by atoms with Gasteiger partial charge < -0.3 is 23.8 Å². The molecule has 0 aliphatic carbocycles. The van der Waals surface area contributed by atoms with Crippen molar-refractivity contribution < 1.29 is 23.8 Å². The molecule has 0 fully saturated rings. The lowest BCUT2D eigenvalue weighted by Gasteiger charge is -2.16. The predicted octanol–water partition coefficient (Wildman–Crippen LogP) is 3.74. The third kappa shape index (κ3) is 5.08. The largest absolute Gasteiger partial charge is 0.548 e. The van der Waals surface area contributed by atoms with Gasteiger partial charge in [-0.2, -0.15) is 0 Å². The number of carboxylic acid groups (broad SMARTS) is 1. The van der Waals surface area contributed by atoms with Crippen LogP contribution in [0.2, 0.25) is 0 Å². The highest BCUT2D eigenvalue weighted by Gasteiger charge is 2.14. The molecule has 0 radical (unpaired) electrons. The highest BCUT2D eigenvalue weighted by molar-refractivity contribution is 5.80. The van der Waals surface area contributed by atoms with E-state index in [9.17, 15) is 9.90 Å². The fraction of sp³-hybridized carbons (Fsp3) is 0.360. The summed E-state index contributed by atoms with van der Waals surface area (Å²) in [6, 6.07) is 12.2. The van der Waals surface area contributed by atoms with Crippen LogP contribution in [-0.2, 0) is 11.2 Å². The van der Waals surface area contributed by atoms with Gasteiger partial charge in [-0.1, -0.05) is 26.8 Å². The Kier molecular flexibility index (Phi) is 7.00. The Bertz CT molecular complexity index is 1150. The van der Waals surface area contributed by atoms with Crippen molar-refractivity contribution in [2.45, 2.75) is 39.7 Å². The van der Waals surface area contributed by atoms with Crippen LogP contribution >= 0.6 is 0 Å². The molecule has 31 heavy (non-hydrogen) atoms. The number of hydrogen-bond acceptors (Lipinski definition) is 6. The normalized spacial score (nSPS) is 12.9. The van der Waals surface area contributed by atoms with E-state index in [-0.39, 0.29) is 5.92 Å². The van der Waals surface area contributed by atoms with Gasteiger partial charge in [0.1, 0.15) is 11.3 Å². The highest BCUT2D eigenvalue weighted by Crippen LogP contribution is 2.33. The molecule has 0 saturated carbocycles. The molecule has 0 spiro atoms. The van der Waals surface area contributed by atoms with Crippen LogP contribution in [0.3, 0.4) is 0 Å². The van der Waals surface area contributed by atoms with Crippen molar-refractivity contribution in [1.82, 2.24) is 0 Å². The summed E-state index contributed by atoms with van der Waals surface area (Å²) in [5, 5.41) is 13.1. The molecule has 1 aromatic heterocycles. The maximum absolute atomic E-state index is 11.7. The number of carbonyl (C=O) groups is 1. The van der Waals surface area contributed by atoms with Crippen LogP contribution < -0.4 is 19.9 Å². The second-order valence-corrected chi connectivity index (χ2v) is 7.84. The molecule has 0 bridgehead atoms. The van der Waals surface area contributed by atoms with Crippen LogP contribution in [0.5, 0.6) is 11.5 Å². The van der Waals surface area contributed by atoms with Crippen LogP contribution in [0, 0.1) is 5.92 Å². The lowest BCUT2D eigenvalue weighted by molar-refractivity contribution is -0.307. The zero-order chi connectivity index (χ0) is 22.5. The summed E-state index contributed by atoms with van der Waals surface area (Å²) in [7, 11) is 3.15. The average Bonchev–Trinajstić information content (AvgIpc) is 2.77. The number of hydrogen-bond donors (Lipinski definition) is 0. The van der Waals surface area contributed by atoms with E-state index < -0.39 is 12.0 Å². The number of benzene rings is 2. The van der Waals surface area contributed by atoms with Crippen LogP contribution in [0.1, 0.15) is 32.8 Å². The molecular formula is C25H28NO5-. The summed E-state index contributed by atoms with van der Waals surface area (Å²) in [6.07, 6.45) is 1.25. The lowest BCUT2D eigenvalue weighted by Crippen LogP contribution is -2.36. The Morgan fingerprint density at radius 3 is 2.42 bits per heavy atom. The van der Waals surface area contributed by atoms with Crippen LogP contribution in [-0.4, -0.2) is 26.2 Å². The number of aryl methyl sites for hydroxylation is 1. The zero-order valence-corrected chi connectivity index (χ0v) is 18.6. The molecule has 1 heterocycles. The number of carbonyl (C=O) groups excluding carboxylic acids is 1. The van der Waals surface area contributed by atoms with E-state index in [4.69, 9.17) is 13.9 Å². The Hall–Kier alpha value is -3.28. The number of ether oxygens (including phenoxy) is 2. The highest BCUT2D eigenvalue weighted by atomic mass is 16.5. The topological polar surface area (TPSA) is 84.1 Å². The summed E-state index contributed by atoms with van der Waals surface area (Å²) in [5.41, 5.74) is 2.51. The maximum Gasteiger partial charge on any atom is 0.161 e. The molecule has 1 atom stereocenters. The van der Waals surface area contributed by atoms with Gasteiger partial charge in [0.2, 0.25) is 0 Å². The maximum atomic E-state index is 11.7. The van der Waals surface area contributed by atoms with Crippen molar-refractivity contribution in [3.8, 4) is 22.8 Å². The Morgan fingerprint density at radius 2 is 1.81 bits per heavy atom. The molecule has 0 aliphatic rings. The van der Waals surface area contributed by atoms with Crippen molar-refractivity contribution in [2.75, 3.05) is 14.2 Å². The van der Waals surface area contributed by atoms with Crippen molar-refractivity contribution in [3.05, 3.63) is 53.4 Å². The Labute approximate surface area is 182 Å².